The molecule has 0 atom stereocenters. The van der Waals surface area contributed by atoms with Gasteiger partial charge in [0, 0.05) is 5.69 Å². The second-order valence-electron chi connectivity index (χ2n) is 2.20. The summed E-state index contributed by atoms with van der Waals surface area (Å²) in [5.41, 5.74) is 6.18. The van der Waals surface area contributed by atoms with Crippen LogP contribution in [0.5, 0.6) is 0 Å². The van der Waals surface area contributed by atoms with Gasteiger partial charge in [0.1, 0.15) is 19.0 Å². The zero-order valence-electron chi connectivity index (χ0n) is 7.54. The van der Waals surface area contributed by atoms with E-state index in [2.05, 4.69) is 15.0 Å². The van der Waals surface area contributed by atoms with E-state index in [9.17, 15) is 0 Å². The molecule has 2 aromatic rings. The number of hydrogen-bond acceptors (Lipinski definition) is 4. The van der Waals surface area contributed by atoms with Crippen LogP contribution in [0.4, 0.5) is 5.69 Å². The highest BCUT2D eigenvalue weighted by Crippen LogP contribution is 1.95. The van der Waals surface area contributed by atoms with E-state index in [1.54, 1.807) is 0 Å². The molecule has 74 valence electrons. The van der Waals surface area contributed by atoms with E-state index >= 15 is 0 Å². The number of aromatic nitrogens is 3. The zero-order chi connectivity index (χ0) is 9.36. The maximum absolute atomic E-state index is 5.36. The molecule has 0 aliphatic carbocycles. The van der Waals surface area contributed by atoms with Crippen LogP contribution in [0.15, 0.2) is 49.3 Å². The Labute approximate surface area is 82.0 Å². The number of rotatable bonds is 0. The van der Waals surface area contributed by atoms with Crippen LogP contribution in [-0.2, 0) is 0 Å². The van der Waals surface area contributed by atoms with E-state index in [1.807, 2.05) is 30.3 Å². The lowest BCUT2D eigenvalue weighted by Gasteiger charge is -1.83. The molecule has 0 unspecified atom stereocenters. The first-order chi connectivity index (χ1) is 6.39. The molecule has 0 saturated heterocycles. The van der Waals surface area contributed by atoms with Crippen molar-refractivity contribution in [3.8, 4) is 0 Å². The van der Waals surface area contributed by atoms with Crippen LogP contribution in [0.2, 0.25) is 0 Å². The van der Waals surface area contributed by atoms with Crippen LogP contribution in [0, 0.1) is 0 Å². The molecule has 0 saturated carbocycles. The highest BCUT2D eigenvalue weighted by Gasteiger charge is 1.72. The molecular weight excluding hydrogens is 180 g/mol. The fraction of sp³-hybridized carbons (Fsp3) is 0. The summed E-state index contributed by atoms with van der Waals surface area (Å²) in [6.45, 7) is 0. The van der Waals surface area contributed by atoms with Crippen molar-refractivity contribution >= 4 is 5.69 Å². The summed E-state index contributed by atoms with van der Waals surface area (Å²) >= 11 is 0. The number of para-hydroxylation sites is 1. The average Bonchev–Trinajstić information content (AvgIpc) is 2.22. The molecule has 1 aromatic heterocycles. The molecule has 14 heavy (non-hydrogen) atoms. The van der Waals surface area contributed by atoms with Crippen molar-refractivity contribution in [3.63, 3.8) is 0 Å². The van der Waals surface area contributed by atoms with Crippen molar-refractivity contribution < 1.29 is 5.48 Å². The summed E-state index contributed by atoms with van der Waals surface area (Å²) in [4.78, 5) is 10.7. The largest absolute Gasteiger partial charge is 0.412 e. The molecule has 0 aliphatic rings. The van der Waals surface area contributed by atoms with Gasteiger partial charge in [-0.15, -0.1) is 0 Å². The van der Waals surface area contributed by atoms with Gasteiger partial charge in [-0.3, -0.25) is 0 Å². The number of benzene rings is 1. The van der Waals surface area contributed by atoms with Gasteiger partial charge in [0.05, 0.1) is 0 Å². The van der Waals surface area contributed by atoms with Crippen molar-refractivity contribution in [2.24, 2.45) is 0 Å². The number of hydrogen-bond donors (Lipinski definition) is 1. The SMILES string of the molecule is Nc1ccccc1.O.c1ncncn1. The second kappa shape index (κ2) is 7.63. The van der Waals surface area contributed by atoms with E-state index in [0.29, 0.717) is 0 Å². The Morgan fingerprint density at radius 1 is 0.786 bits per heavy atom. The molecule has 1 aromatic carbocycles. The van der Waals surface area contributed by atoms with E-state index in [1.165, 1.54) is 19.0 Å². The number of nitrogens with zero attached hydrogens (tertiary/aromatic N) is 3. The van der Waals surface area contributed by atoms with Crippen molar-refractivity contribution in [1.29, 1.82) is 0 Å². The van der Waals surface area contributed by atoms with Gasteiger partial charge in [0.25, 0.3) is 0 Å². The Bertz CT molecular complexity index is 287. The normalized spacial score (nSPS) is 7.71. The van der Waals surface area contributed by atoms with Gasteiger partial charge in [-0.1, -0.05) is 18.2 Å². The summed E-state index contributed by atoms with van der Waals surface area (Å²) in [5, 5.41) is 0. The van der Waals surface area contributed by atoms with E-state index in [-0.39, 0.29) is 5.48 Å². The van der Waals surface area contributed by atoms with E-state index < -0.39 is 0 Å². The summed E-state index contributed by atoms with van der Waals surface area (Å²) in [7, 11) is 0. The Kier molecular flexibility index (Phi) is 6.53. The smallest absolute Gasteiger partial charge is 0.119 e. The van der Waals surface area contributed by atoms with Gasteiger partial charge in [0.2, 0.25) is 0 Å². The number of nitrogens with two attached hydrogens (primary N) is 1. The first-order valence-corrected chi connectivity index (χ1v) is 3.75. The Balaban J connectivity index is 0.000000227. The molecule has 0 aliphatic heterocycles. The summed E-state index contributed by atoms with van der Waals surface area (Å²) in [6.07, 6.45) is 4.31. The third kappa shape index (κ3) is 5.62. The van der Waals surface area contributed by atoms with Crippen LogP contribution in [0.1, 0.15) is 0 Å². The lowest BCUT2D eigenvalue weighted by molar-refractivity contribution is 0.824. The standard InChI is InChI=1S/C6H7N.C3H3N3.H2O/c7-6-4-2-1-3-5-6;1-4-2-6-3-5-1;/h1-5H,7H2;1-3H;1H2. The fourth-order valence-electron chi connectivity index (χ4n) is 0.658. The predicted octanol–water partition coefficient (Wildman–Crippen LogP) is 0.316. The lowest BCUT2D eigenvalue weighted by atomic mass is 10.3. The summed E-state index contributed by atoms with van der Waals surface area (Å²) in [5.74, 6) is 0. The molecule has 5 nitrogen and oxygen atoms in total. The molecule has 5 heteroatoms. The quantitative estimate of drug-likeness (QED) is 0.608. The predicted molar refractivity (Wildman–Crippen MR) is 54.3 cm³/mol. The van der Waals surface area contributed by atoms with Crippen LogP contribution >= 0.6 is 0 Å². The minimum Gasteiger partial charge on any atom is -0.412 e. The highest BCUT2D eigenvalue weighted by atomic mass is 16.0. The second-order valence-corrected chi connectivity index (χ2v) is 2.20. The van der Waals surface area contributed by atoms with Gasteiger partial charge in [-0.25, -0.2) is 15.0 Å². The minimum atomic E-state index is 0. The fourth-order valence-corrected chi connectivity index (χ4v) is 0.658. The molecule has 0 amide bonds. The molecule has 4 N–H and O–H groups in total. The van der Waals surface area contributed by atoms with Gasteiger partial charge >= 0.3 is 0 Å². The van der Waals surface area contributed by atoms with Gasteiger partial charge in [-0.2, -0.15) is 0 Å². The van der Waals surface area contributed by atoms with Crippen molar-refractivity contribution in [2.75, 3.05) is 5.73 Å². The Hall–Kier alpha value is -2.01. The third-order valence-electron chi connectivity index (χ3n) is 1.20. The van der Waals surface area contributed by atoms with Crippen molar-refractivity contribution in [1.82, 2.24) is 15.0 Å². The van der Waals surface area contributed by atoms with Crippen molar-refractivity contribution in [3.05, 3.63) is 49.3 Å². The molecule has 0 spiro atoms. The maximum Gasteiger partial charge on any atom is 0.119 e. The molecule has 2 rings (SSSR count). The number of anilines is 1. The molecular formula is C9H12N4O. The minimum absolute atomic E-state index is 0. The number of nitrogen functional groups attached to an aromatic ring is 1. The van der Waals surface area contributed by atoms with Gasteiger partial charge in [0.15, 0.2) is 0 Å². The van der Waals surface area contributed by atoms with Gasteiger partial charge in [-0.05, 0) is 12.1 Å². The molecule has 0 fully saturated rings. The molecule has 0 bridgehead atoms. The Morgan fingerprint density at radius 2 is 1.21 bits per heavy atom. The zero-order valence-corrected chi connectivity index (χ0v) is 7.54. The van der Waals surface area contributed by atoms with Gasteiger partial charge < -0.3 is 11.2 Å². The molecule has 1 heterocycles. The maximum atomic E-state index is 5.36. The van der Waals surface area contributed by atoms with Crippen molar-refractivity contribution in [2.45, 2.75) is 0 Å². The average molecular weight is 192 g/mol. The third-order valence-corrected chi connectivity index (χ3v) is 1.20. The summed E-state index contributed by atoms with van der Waals surface area (Å²) < 4.78 is 0. The molecule has 0 radical (unpaired) electrons. The topological polar surface area (TPSA) is 96.2 Å². The van der Waals surface area contributed by atoms with E-state index in [0.717, 1.165) is 5.69 Å². The first-order valence-electron chi connectivity index (χ1n) is 3.75. The highest BCUT2D eigenvalue weighted by molar-refractivity contribution is 5.35. The van der Waals surface area contributed by atoms with Crippen LogP contribution < -0.4 is 5.73 Å². The first kappa shape index (κ1) is 12.0. The van der Waals surface area contributed by atoms with Crippen LogP contribution in [-0.4, -0.2) is 20.4 Å². The lowest BCUT2D eigenvalue weighted by Crippen LogP contribution is -1.79. The Morgan fingerprint density at radius 3 is 1.43 bits per heavy atom. The van der Waals surface area contributed by atoms with E-state index in [4.69, 9.17) is 5.73 Å². The summed E-state index contributed by atoms with van der Waals surface area (Å²) in [6, 6.07) is 9.49. The van der Waals surface area contributed by atoms with Crippen LogP contribution in [0.3, 0.4) is 0 Å². The van der Waals surface area contributed by atoms with Crippen LogP contribution in [0.25, 0.3) is 0 Å². The monoisotopic (exact) mass is 192 g/mol.